The van der Waals surface area contributed by atoms with Gasteiger partial charge in [0.2, 0.25) is 0 Å². The molecule has 2 unspecified atom stereocenters. The number of nitrogens with two attached hydrogens (primary N) is 1. The molecule has 0 amide bonds. The minimum absolute atomic E-state index is 0.0480. The maximum atomic E-state index is 6.41. The van der Waals surface area contributed by atoms with Gasteiger partial charge in [0.1, 0.15) is 0 Å². The lowest BCUT2D eigenvalue weighted by atomic mass is 9.83. The van der Waals surface area contributed by atoms with Gasteiger partial charge in [-0.15, -0.1) is 11.3 Å². The molecule has 1 aliphatic rings. The van der Waals surface area contributed by atoms with Crippen molar-refractivity contribution in [1.29, 1.82) is 0 Å². The SMILES string of the molecule is CN(Cc1ccc(Cl)s1)CC1C(N)C(C)(C)OC1(C)C. The number of thiophene rings is 1. The summed E-state index contributed by atoms with van der Waals surface area (Å²) in [6, 6.07) is 4.09. The lowest BCUT2D eigenvalue weighted by Crippen LogP contribution is -2.47. The molecule has 1 aliphatic heterocycles. The van der Waals surface area contributed by atoms with Gasteiger partial charge in [0.25, 0.3) is 0 Å². The van der Waals surface area contributed by atoms with Crippen molar-refractivity contribution < 1.29 is 4.74 Å². The van der Waals surface area contributed by atoms with E-state index < -0.39 is 0 Å². The third-order valence-corrected chi connectivity index (χ3v) is 5.43. The number of rotatable bonds is 4. The predicted molar refractivity (Wildman–Crippen MR) is 86.4 cm³/mol. The van der Waals surface area contributed by atoms with E-state index in [1.54, 1.807) is 11.3 Å². The van der Waals surface area contributed by atoms with Gasteiger partial charge in [-0.05, 0) is 46.9 Å². The fourth-order valence-corrected chi connectivity index (χ4v) is 4.34. The molecule has 0 saturated carbocycles. The molecule has 0 radical (unpaired) electrons. The largest absolute Gasteiger partial charge is 0.368 e. The first-order valence-corrected chi connectivity index (χ1v) is 8.20. The van der Waals surface area contributed by atoms with Crippen molar-refractivity contribution in [2.24, 2.45) is 11.7 Å². The molecule has 20 heavy (non-hydrogen) atoms. The maximum Gasteiger partial charge on any atom is 0.0931 e. The maximum absolute atomic E-state index is 6.41. The van der Waals surface area contributed by atoms with Gasteiger partial charge in [-0.3, -0.25) is 0 Å². The summed E-state index contributed by atoms with van der Waals surface area (Å²) in [5.41, 5.74) is 5.96. The van der Waals surface area contributed by atoms with E-state index in [9.17, 15) is 0 Å². The summed E-state index contributed by atoms with van der Waals surface area (Å²) in [6.07, 6.45) is 0. The standard InChI is InChI=1S/C15H25ClN2OS/c1-14(2)11(13(17)15(3,4)19-14)9-18(5)8-10-6-7-12(16)20-10/h6-7,11,13H,8-9,17H2,1-5H3. The van der Waals surface area contributed by atoms with E-state index in [0.29, 0.717) is 5.92 Å². The van der Waals surface area contributed by atoms with Crippen LogP contribution in [0.1, 0.15) is 32.6 Å². The summed E-state index contributed by atoms with van der Waals surface area (Å²) in [6.45, 7) is 10.3. The van der Waals surface area contributed by atoms with Crippen molar-refractivity contribution in [2.75, 3.05) is 13.6 Å². The molecule has 2 N–H and O–H groups in total. The van der Waals surface area contributed by atoms with Crippen molar-refractivity contribution >= 4 is 22.9 Å². The number of halogens is 1. The van der Waals surface area contributed by atoms with Crippen molar-refractivity contribution in [3.05, 3.63) is 21.3 Å². The highest BCUT2D eigenvalue weighted by Crippen LogP contribution is 2.41. The van der Waals surface area contributed by atoms with Gasteiger partial charge in [0.15, 0.2) is 0 Å². The van der Waals surface area contributed by atoms with E-state index in [1.807, 2.05) is 6.07 Å². The lowest BCUT2D eigenvalue weighted by molar-refractivity contribution is -0.0781. The van der Waals surface area contributed by atoms with E-state index in [2.05, 4.69) is 45.7 Å². The molecule has 1 aromatic heterocycles. The van der Waals surface area contributed by atoms with Crippen LogP contribution in [-0.4, -0.2) is 35.7 Å². The van der Waals surface area contributed by atoms with Crippen molar-refractivity contribution in [3.63, 3.8) is 0 Å². The minimum atomic E-state index is -0.263. The number of nitrogens with zero attached hydrogens (tertiary/aromatic N) is 1. The molecule has 2 atom stereocenters. The zero-order valence-corrected chi connectivity index (χ0v) is 14.5. The average molecular weight is 317 g/mol. The second kappa shape index (κ2) is 5.58. The first-order chi connectivity index (χ1) is 9.12. The highest BCUT2D eigenvalue weighted by atomic mass is 35.5. The zero-order valence-electron chi connectivity index (χ0n) is 12.9. The van der Waals surface area contributed by atoms with Crippen LogP contribution in [0.3, 0.4) is 0 Å². The first kappa shape index (κ1) is 16.2. The topological polar surface area (TPSA) is 38.5 Å². The summed E-state index contributed by atoms with van der Waals surface area (Å²) >= 11 is 7.62. The highest BCUT2D eigenvalue weighted by Gasteiger charge is 2.52. The molecule has 1 fully saturated rings. The van der Waals surface area contributed by atoms with Crippen LogP contribution in [0.5, 0.6) is 0 Å². The van der Waals surface area contributed by atoms with Crippen LogP contribution < -0.4 is 5.73 Å². The molecule has 1 saturated heterocycles. The van der Waals surface area contributed by atoms with Crippen molar-refractivity contribution in [2.45, 2.75) is 51.5 Å². The van der Waals surface area contributed by atoms with Crippen LogP contribution in [0.15, 0.2) is 12.1 Å². The second-order valence-corrected chi connectivity index (χ2v) is 8.64. The summed E-state index contributed by atoms with van der Waals surface area (Å²) in [4.78, 5) is 3.58. The number of hydrogen-bond acceptors (Lipinski definition) is 4. The van der Waals surface area contributed by atoms with Gasteiger partial charge < -0.3 is 15.4 Å². The van der Waals surface area contributed by atoms with E-state index in [4.69, 9.17) is 22.1 Å². The van der Waals surface area contributed by atoms with Gasteiger partial charge in [-0.25, -0.2) is 0 Å². The fourth-order valence-electron chi connectivity index (χ4n) is 3.18. The molecule has 0 spiro atoms. The van der Waals surface area contributed by atoms with Crippen LogP contribution in [-0.2, 0) is 11.3 Å². The Bertz CT molecular complexity index is 472. The normalized spacial score (nSPS) is 28.2. The molecule has 2 rings (SSSR count). The summed E-state index contributed by atoms with van der Waals surface area (Å²) < 4.78 is 6.99. The molecule has 2 heterocycles. The van der Waals surface area contributed by atoms with Gasteiger partial charge in [-0.2, -0.15) is 0 Å². The minimum Gasteiger partial charge on any atom is -0.368 e. The van der Waals surface area contributed by atoms with Crippen molar-refractivity contribution in [3.8, 4) is 0 Å². The van der Waals surface area contributed by atoms with Crippen molar-refractivity contribution in [1.82, 2.24) is 4.90 Å². The van der Waals surface area contributed by atoms with E-state index in [0.717, 1.165) is 17.4 Å². The third-order valence-electron chi connectivity index (χ3n) is 4.22. The van der Waals surface area contributed by atoms with Gasteiger partial charge in [0.05, 0.1) is 15.5 Å². The van der Waals surface area contributed by atoms with Crippen LogP contribution >= 0.6 is 22.9 Å². The van der Waals surface area contributed by atoms with Crippen LogP contribution in [0.4, 0.5) is 0 Å². The van der Waals surface area contributed by atoms with Gasteiger partial charge in [0, 0.05) is 29.9 Å². The molecule has 5 heteroatoms. The van der Waals surface area contributed by atoms with Crippen LogP contribution in [0.25, 0.3) is 0 Å². The zero-order chi connectivity index (χ0) is 15.1. The lowest BCUT2D eigenvalue weighted by Gasteiger charge is -2.31. The average Bonchev–Trinajstić information content (AvgIpc) is 2.74. The molecule has 1 aromatic rings. The Hall–Kier alpha value is -0.130. The molecule has 3 nitrogen and oxygen atoms in total. The highest BCUT2D eigenvalue weighted by molar-refractivity contribution is 7.16. The monoisotopic (exact) mass is 316 g/mol. The smallest absolute Gasteiger partial charge is 0.0931 e. The van der Waals surface area contributed by atoms with Crippen LogP contribution in [0, 0.1) is 5.92 Å². The molecule has 0 aliphatic carbocycles. The fraction of sp³-hybridized carbons (Fsp3) is 0.733. The Balaban J connectivity index is 2.01. The number of ether oxygens (including phenoxy) is 1. The van der Waals surface area contributed by atoms with E-state index in [-0.39, 0.29) is 17.2 Å². The third kappa shape index (κ3) is 3.37. The Labute approximate surface area is 131 Å². The Morgan fingerprint density at radius 1 is 1.30 bits per heavy atom. The Kier molecular flexibility index (Phi) is 4.53. The molecular formula is C15H25ClN2OS. The predicted octanol–water partition coefficient (Wildman–Crippen LogP) is 3.36. The van der Waals surface area contributed by atoms with Crippen LogP contribution in [0.2, 0.25) is 4.34 Å². The summed E-state index contributed by atoms with van der Waals surface area (Å²) in [7, 11) is 2.13. The van der Waals surface area contributed by atoms with E-state index >= 15 is 0 Å². The molecular weight excluding hydrogens is 292 g/mol. The molecule has 0 aromatic carbocycles. The number of hydrogen-bond donors (Lipinski definition) is 1. The molecule has 114 valence electrons. The summed E-state index contributed by atoms with van der Waals surface area (Å²) in [5, 5.41) is 0. The van der Waals surface area contributed by atoms with Gasteiger partial charge in [-0.1, -0.05) is 11.6 Å². The quantitative estimate of drug-likeness (QED) is 0.925. The summed E-state index contributed by atoms with van der Waals surface area (Å²) in [5.74, 6) is 0.318. The Morgan fingerprint density at radius 3 is 2.40 bits per heavy atom. The second-order valence-electron chi connectivity index (χ2n) is 6.84. The van der Waals surface area contributed by atoms with Gasteiger partial charge >= 0.3 is 0 Å². The first-order valence-electron chi connectivity index (χ1n) is 7.00. The molecule has 0 bridgehead atoms. The van der Waals surface area contributed by atoms with E-state index in [1.165, 1.54) is 4.88 Å². The Morgan fingerprint density at radius 2 is 1.95 bits per heavy atom.